The van der Waals surface area contributed by atoms with E-state index in [0.717, 1.165) is 38.8 Å². The fourth-order valence-corrected chi connectivity index (χ4v) is 3.20. The molecule has 1 aliphatic heterocycles. The maximum Gasteiger partial charge on any atom is 0.235 e. The van der Waals surface area contributed by atoms with Crippen molar-refractivity contribution in [3.8, 4) is 11.8 Å². The maximum atomic E-state index is 12.5. The zero-order valence-corrected chi connectivity index (χ0v) is 18.2. The van der Waals surface area contributed by atoms with E-state index in [9.17, 15) is 9.59 Å². The van der Waals surface area contributed by atoms with Crippen molar-refractivity contribution in [2.45, 2.75) is 72.8 Å². The van der Waals surface area contributed by atoms with Crippen LogP contribution in [0.5, 0.6) is 0 Å². The smallest absolute Gasteiger partial charge is 0.235 e. The molecular formula is C22H39N3O2. The summed E-state index contributed by atoms with van der Waals surface area (Å²) >= 11 is 0. The number of nitrogens with zero attached hydrogens (tertiary/aromatic N) is 1. The molecule has 0 bridgehead atoms. The lowest BCUT2D eigenvalue weighted by molar-refractivity contribution is -0.124. The predicted molar refractivity (Wildman–Crippen MR) is 111 cm³/mol. The first-order chi connectivity index (χ1) is 12.6. The van der Waals surface area contributed by atoms with Crippen LogP contribution in [0.4, 0.5) is 0 Å². The molecule has 1 unspecified atom stereocenters. The summed E-state index contributed by atoms with van der Waals surface area (Å²) in [5.74, 6) is 7.00. The van der Waals surface area contributed by atoms with Crippen LogP contribution < -0.4 is 10.6 Å². The van der Waals surface area contributed by atoms with Crippen LogP contribution in [0.25, 0.3) is 0 Å². The molecule has 1 atom stereocenters. The number of carbonyl (C=O) groups is 2. The molecule has 2 amide bonds. The molecule has 0 radical (unpaired) electrons. The molecule has 1 heterocycles. The molecule has 0 aromatic rings. The number of amides is 2. The van der Waals surface area contributed by atoms with Gasteiger partial charge in [-0.1, -0.05) is 39.0 Å². The summed E-state index contributed by atoms with van der Waals surface area (Å²) in [5.41, 5.74) is -0.187. The van der Waals surface area contributed by atoms with E-state index in [1.165, 1.54) is 0 Å². The van der Waals surface area contributed by atoms with Crippen molar-refractivity contribution < 1.29 is 9.59 Å². The highest BCUT2D eigenvalue weighted by Gasteiger charge is 2.23. The van der Waals surface area contributed by atoms with Crippen molar-refractivity contribution in [1.29, 1.82) is 0 Å². The van der Waals surface area contributed by atoms with Crippen molar-refractivity contribution in [2.75, 3.05) is 26.2 Å². The molecule has 5 heteroatoms. The third-order valence-electron chi connectivity index (χ3n) is 4.59. The van der Waals surface area contributed by atoms with Gasteiger partial charge in [0.1, 0.15) is 0 Å². The number of nitrogens with one attached hydrogen (secondary N) is 2. The van der Waals surface area contributed by atoms with Gasteiger partial charge in [-0.15, -0.1) is 0 Å². The number of hydrogen-bond acceptors (Lipinski definition) is 3. The molecule has 0 aliphatic carbocycles. The van der Waals surface area contributed by atoms with Gasteiger partial charge in [0.2, 0.25) is 11.8 Å². The van der Waals surface area contributed by atoms with Gasteiger partial charge in [-0.2, -0.15) is 0 Å². The highest BCUT2D eigenvalue weighted by atomic mass is 16.2. The van der Waals surface area contributed by atoms with Crippen LogP contribution in [0.2, 0.25) is 0 Å². The minimum Gasteiger partial charge on any atom is -0.355 e. The molecule has 154 valence electrons. The standard InChI is InChI=1S/C22H39N3O2/c1-7-8-19(10-9-17(2)3)21(27)23-15-18-11-13-25(14-12-18)16-20(26)24-22(4,5)6/h17-19H,7-8,11-16H2,1-6H3,(H,23,27)(H,24,26). The molecule has 0 aromatic carbocycles. The third kappa shape index (κ3) is 10.4. The summed E-state index contributed by atoms with van der Waals surface area (Å²) in [5, 5.41) is 6.12. The summed E-state index contributed by atoms with van der Waals surface area (Å²) in [6, 6.07) is 0. The van der Waals surface area contributed by atoms with Gasteiger partial charge in [-0.25, -0.2) is 0 Å². The normalized spacial score (nSPS) is 17.1. The average molecular weight is 378 g/mol. The molecule has 0 spiro atoms. The van der Waals surface area contributed by atoms with Gasteiger partial charge in [0.05, 0.1) is 12.5 Å². The Morgan fingerprint density at radius 2 is 1.78 bits per heavy atom. The van der Waals surface area contributed by atoms with Crippen molar-refractivity contribution >= 4 is 11.8 Å². The number of piperidine rings is 1. The topological polar surface area (TPSA) is 61.4 Å². The lowest BCUT2D eigenvalue weighted by atomic mass is 9.96. The van der Waals surface area contributed by atoms with Gasteiger partial charge < -0.3 is 10.6 Å². The quantitative estimate of drug-likeness (QED) is 0.671. The van der Waals surface area contributed by atoms with Crippen molar-refractivity contribution in [3.63, 3.8) is 0 Å². The molecule has 1 rings (SSSR count). The van der Waals surface area contributed by atoms with E-state index in [1.807, 2.05) is 34.6 Å². The Balaban J connectivity index is 2.36. The second-order valence-corrected chi connectivity index (χ2v) is 9.05. The van der Waals surface area contributed by atoms with Crippen LogP contribution >= 0.6 is 0 Å². The van der Waals surface area contributed by atoms with Crippen molar-refractivity contribution in [1.82, 2.24) is 15.5 Å². The van der Waals surface area contributed by atoms with E-state index in [2.05, 4.69) is 34.3 Å². The Morgan fingerprint density at radius 1 is 1.15 bits per heavy atom. The van der Waals surface area contributed by atoms with Crippen LogP contribution in [-0.4, -0.2) is 48.4 Å². The second-order valence-electron chi connectivity index (χ2n) is 9.05. The van der Waals surface area contributed by atoms with Gasteiger partial charge in [0.25, 0.3) is 0 Å². The van der Waals surface area contributed by atoms with Crippen LogP contribution in [-0.2, 0) is 9.59 Å². The molecule has 0 aromatic heterocycles. The van der Waals surface area contributed by atoms with E-state index in [0.29, 0.717) is 19.0 Å². The van der Waals surface area contributed by atoms with Crippen LogP contribution in [0.3, 0.4) is 0 Å². The second kappa shape index (κ2) is 11.3. The number of rotatable bonds is 7. The molecular weight excluding hydrogens is 338 g/mol. The molecule has 1 aliphatic rings. The first-order valence-corrected chi connectivity index (χ1v) is 10.4. The fraction of sp³-hybridized carbons (Fsp3) is 0.818. The minimum absolute atomic E-state index is 0.0667. The Morgan fingerprint density at radius 3 is 2.30 bits per heavy atom. The van der Waals surface area contributed by atoms with E-state index < -0.39 is 0 Å². The fourth-order valence-electron chi connectivity index (χ4n) is 3.20. The monoisotopic (exact) mass is 377 g/mol. The Labute approximate surface area is 166 Å². The van der Waals surface area contributed by atoms with Crippen LogP contribution in [0.1, 0.15) is 67.2 Å². The number of hydrogen-bond donors (Lipinski definition) is 2. The van der Waals surface area contributed by atoms with Gasteiger partial charge in [-0.05, 0) is 59.0 Å². The summed E-state index contributed by atoms with van der Waals surface area (Å²) in [6.45, 7) is 15.2. The highest BCUT2D eigenvalue weighted by Crippen LogP contribution is 2.17. The lowest BCUT2D eigenvalue weighted by Gasteiger charge is -2.32. The average Bonchev–Trinajstić information content (AvgIpc) is 2.55. The van der Waals surface area contributed by atoms with Gasteiger partial charge in [-0.3, -0.25) is 14.5 Å². The summed E-state index contributed by atoms with van der Waals surface area (Å²) in [4.78, 5) is 26.7. The molecule has 27 heavy (non-hydrogen) atoms. The third-order valence-corrected chi connectivity index (χ3v) is 4.59. The zero-order chi connectivity index (χ0) is 20.4. The van der Waals surface area contributed by atoms with Crippen molar-refractivity contribution in [2.24, 2.45) is 17.8 Å². The van der Waals surface area contributed by atoms with Crippen molar-refractivity contribution in [3.05, 3.63) is 0 Å². The summed E-state index contributed by atoms with van der Waals surface area (Å²) < 4.78 is 0. The van der Waals surface area contributed by atoms with E-state index in [1.54, 1.807) is 0 Å². The Hall–Kier alpha value is -1.54. The molecule has 2 N–H and O–H groups in total. The zero-order valence-electron chi connectivity index (χ0n) is 18.2. The number of likely N-dealkylation sites (tertiary alicyclic amines) is 1. The molecule has 5 nitrogen and oxygen atoms in total. The lowest BCUT2D eigenvalue weighted by Crippen LogP contribution is -2.48. The highest BCUT2D eigenvalue weighted by molar-refractivity contribution is 5.81. The van der Waals surface area contributed by atoms with Gasteiger partial charge in [0, 0.05) is 18.0 Å². The molecule has 1 fully saturated rings. The molecule has 1 saturated heterocycles. The van der Waals surface area contributed by atoms with Crippen LogP contribution in [0.15, 0.2) is 0 Å². The predicted octanol–water partition coefficient (Wildman–Crippen LogP) is 2.81. The minimum atomic E-state index is -0.196. The summed E-state index contributed by atoms with van der Waals surface area (Å²) in [7, 11) is 0. The Bertz CT molecular complexity index is 532. The van der Waals surface area contributed by atoms with E-state index in [4.69, 9.17) is 0 Å². The van der Waals surface area contributed by atoms with E-state index >= 15 is 0 Å². The van der Waals surface area contributed by atoms with Crippen LogP contribution in [0, 0.1) is 29.6 Å². The largest absolute Gasteiger partial charge is 0.355 e. The summed E-state index contributed by atoms with van der Waals surface area (Å²) in [6.07, 6.45) is 3.80. The first kappa shape index (κ1) is 23.5. The Kier molecular flexibility index (Phi) is 9.87. The maximum absolute atomic E-state index is 12.5. The first-order valence-electron chi connectivity index (χ1n) is 10.4. The van der Waals surface area contributed by atoms with Gasteiger partial charge in [0.15, 0.2) is 0 Å². The number of carbonyl (C=O) groups excluding carboxylic acids is 2. The van der Waals surface area contributed by atoms with Gasteiger partial charge >= 0.3 is 0 Å². The van der Waals surface area contributed by atoms with E-state index in [-0.39, 0.29) is 29.2 Å². The SMILES string of the molecule is CCCC(C#CC(C)C)C(=O)NCC1CCN(CC(=O)NC(C)(C)C)CC1. The molecule has 0 saturated carbocycles.